The SMILES string of the molecule is O=CN1CCC(NC(=O)NC(=O)c2ccccc2)CC1. The van der Waals surface area contributed by atoms with Crippen LogP contribution in [0.15, 0.2) is 30.3 Å². The minimum atomic E-state index is -0.497. The van der Waals surface area contributed by atoms with Gasteiger partial charge in [0.25, 0.3) is 5.91 Å². The standard InChI is InChI=1S/C14H17N3O3/c18-10-17-8-6-12(7-9-17)15-14(20)16-13(19)11-4-2-1-3-5-11/h1-5,10,12H,6-9H2,(H2,15,16,19,20). The van der Waals surface area contributed by atoms with Crippen LogP contribution in [0.25, 0.3) is 0 Å². The minimum Gasteiger partial charge on any atom is -0.345 e. The van der Waals surface area contributed by atoms with Gasteiger partial charge in [0, 0.05) is 24.7 Å². The summed E-state index contributed by atoms with van der Waals surface area (Å²) < 4.78 is 0. The Morgan fingerprint density at radius 1 is 1.15 bits per heavy atom. The molecule has 2 N–H and O–H groups in total. The molecule has 2 rings (SSSR count). The van der Waals surface area contributed by atoms with E-state index in [1.54, 1.807) is 35.2 Å². The van der Waals surface area contributed by atoms with Crippen LogP contribution >= 0.6 is 0 Å². The molecule has 1 aromatic rings. The number of nitrogens with zero attached hydrogens (tertiary/aromatic N) is 1. The monoisotopic (exact) mass is 275 g/mol. The van der Waals surface area contributed by atoms with E-state index in [0.717, 1.165) is 6.41 Å². The van der Waals surface area contributed by atoms with Crippen molar-refractivity contribution >= 4 is 18.3 Å². The van der Waals surface area contributed by atoms with E-state index in [1.165, 1.54) is 0 Å². The van der Waals surface area contributed by atoms with Crippen molar-refractivity contribution in [2.45, 2.75) is 18.9 Å². The molecule has 0 bridgehead atoms. The Morgan fingerprint density at radius 2 is 1.80 bits per heavy atom. The van der Waals surface area contributed by atoms with E-state index in [4.69, 9.17) is 0 Å². The molecule has 0 atom stereocenters. The summed E-state index contributed by atoms with van der Waals surface area (Å²) in [4.78, 5) is 35.7. The topological polar surface area (TPSA) is 78.5 Å². The maximum atomic E-state index is 11.8. The van der Waals surface area contributed by atoms with Gasteiger partial charge in [0.15, 0.2) is 0 Å². The van der Waals surface area contributed by atoms with Crippen molar-refractivity contribution in [1.82, 2.24) is 15.5 Å². The smallest absolute Gasteiger partial charge is 0.321 e. The van der Waals surface area contributed by atoms with E-state index in [1.807, 2.05) is 0 Å². The first-order valence-corrected chi connectivity index (χ1v) is 6.55. The van der Waals surface area contributed by atoms with Crippen LogP contribution < -0.4 is 10.6 Å². The van der Waals surface area contributed by atoms with E-state index in [9.17, 15) is 14.4 Å². The van der Waals surface area contributed by atoms with Gasteiger partial charge in [0.05, 0.1) is 0 Å². The van der Waals surface area contributed by atoms with Gasteiger partial charge in [-0.1, -0.05) is 18.2 Å². The molecule has 1 aliphatic rings. The molecule has 0 saturated carbocycles. The van der Waals surface area contributed by atoms with Crippen molar-refractivity contribution in [3.8, 4) is 0 Å². The number of hydrogen-bond donors (Lipinski definition) is 2. The van der Waals surface area contributed by atoms with Gasteiger partial charge in [0.2, 0.25) is 6.41 Å². The fraction of sp³-hybridized carbons (Fsp3) is 0.357. The second-order valence-electron chi connectivity index (χ2n) is 4.71. The molecule has 6 nitrogen and oxygen atoms in total. The maximum Gasteiger partial charge on any atom is 0.321 e. The summed E-state index contributed by atoms with van der Waals surface area (Å²) in [6, 6.07) is 8.07. The largest absolute Gasteiger partial charge is 0.345 e. The third-order valence-corrected chi connectivity index (χ3v) is 3.28. The lowest BCUT2D eigenvalue weighted by Crippen LogP contribution is -2.48. The van der Waals surface area contributed by atoms with Crippen molar-refractivity contribution < 1.29 is 14.4 Å². The molecule has 4 amide bonds. The van der Waals surface area contributed by atoms with Gasteiger partial charge < -0.3 is 10.2 Å². The van der Waals surface area contributed by atoms with Crippen LogP contribution in [-0.2, 0) is 4.79 Å². The summed E-state index contributed by atoms with van der Waals surface area (Å²) in [5.41, 5.74) is 0.443. The summed E-state index contributed by atoms with van der Waals surface area (Å²) in [6.07, 6.45) is 2.21. The van der Waals surface area contributed by atoms with Gasteiger partial charge >= 0.3 is 6.03 Å². The van der Waals surface area contributed by atoms with Crippen LogP contribution in [0.3, 0.4) is 0 Å². The van der Waals surface area contributed by atoms with Crippen LogP contribution in [0, 0.1) is 0 Å². The molecule has 0 radical (unpaired) electrons. The second kappa shape index (κ2) is 6.70. The zero-order valence-electron chi connectivity index (χ0n) is 11.0. The molecule has 1 aromatic carbocycles. The Kier molecular flexibility index (Phi) is 4.70. The molecule has 0 aliphatic carbocycles. The molecule has 106 valence electrons. The Bertz CT molecular complexity index is 482. The van der Waals surface area contributed by atoms with Crippen LogP contribution in [0.1, 0.15) is 23.2 Å². The van der Waals surface area contributed by atoms with Gasteiger partial charge in [-0.05, 0) is 25.0 Å². The van der Waals surface area contributed by atoms with Gasteiger partial charge in [0.1, 0.15) is 0 Å². The maximum absolute atomic E-state index is 11.8. The van der Waals surface area contributed by atoms with Crippen molar-refractivity contribution in [2.75, 3.05) is 13.1 Å². The molecule has 0 unspecified atom stereocenters. The quantitative estimate of drug-likeness (QED) is 0.799. The second-order valence-corrected chi connectivity index (χ2v) is 4.71. The molecular weight excluding hydrogens is 258 g/mol. The number of carbonyl (C=O) groups excluding carboxylic acids is 3. The third kappa shape index (κ3) is 3.81. The minimum absolute atomic E-state index is 0.00484. The third-order valence-electron chi connectivity index (χ3n) is 3.28. The fourth-order valence-corrected chi connectivity index (χ4v) is 2.14. The number of carbonyl (C=O) groups is 3. The molecule has 20 heavy (non-hydrogen) atoms. The summed E-state index contributed by atoms with van der Waals surface area (Å²) >= 11 is 0. The van der Waals surface area contributed by atoms with E-state index in [0.29, 0.717) is 31.5 Å². The van der Waals surface area contributed by atoms with Crippen molar-refractivity contribution in [3.05, 3.63) is 35.9 Å². The van der Waals surface area contributed by atoms with Crippen molar-refractivity contribution in [3.63, 3.8) is 0 Å². The highest BCUT2D eigenvalue weighted by molar-refractivity contribution is 6.04. The highest BCUT2D eigenvalue weighted by Gasteiger charge is 2.20. The highest BCUT2D eigenvalue weighted by Crippen LogP contribution is 2.08. The van der Waals surface area contributed by atoms with Crippen LogP contribution in [0.4, 0.5) is 4.79 Å². The number of urea groups is 1. The number of likely N-dealkylation sites (tertiary alicyclic amines) is 1. The first-order chi connectivity index (χ1) is 9.69. The predicted octanol–water partition coefficient (Wildman–Crippen LogP) is 0.747. The Hall–Kier alpha value is -2.37. The lowest BCUT2D eigenvalue weighted by atomic mass is 10.1. The van der Waals surface area contributed by atoms with Crippen molar-refractivity contribution in [2.24, 2.45) is 0 Å². The van der Waals surface area contributed by atoms with E-state index >= 15 is 0 Å². The molecule has 6 heteroatoms. The van der Waals surface area contributed by atoms with Gasteiger partial charge in [-0.3, -0.25) is 14.9 Å². The van der Waals surface area contributed by atoms with Crippen LogP contribution in [-0.4, -0.2) is 42.4 Å². The Morgan fingerprint density at radius 3 is 2.40 bits per heavy atom. The molecule has 0 spiro atoms. The Labute approximate surface area is 117 Å². The van der Waals surface area contributed by atoms with E-state index < -0.39 is 11.9 Å². The molecule has 1 heterocycles. The summed E-state index contributed by atoms with van der Waals surface area (Å²) in [5.74, 6) is -0.423. The van der Waals surface area contributed by atoms with E-state index in [-0.39, 0.29) is 6.04 Å². The van der Waals surface area contributed by atoms with Gasteiger partial charge in [-0.25, -0.2) is 4.79 Å². The number of amides is 4. The van der Waals surface area contributed by atoms with Gasteiger partial charge in [-0.15, -0.1) is 0 Å². The molecule has 0 aromatic heterocycles. The van der Waals surface area contributed by atoms with Crippen LogP contribution in [0.5, 0.6) is 0 Å². The number of nitrogens with one attached hydrogen (secondary N) is 2. The lowest BCUT2D eigenvalue weighted by Gasteiger charge is -2.29. The summed E-state index contributed by atoms with van der Waals surface area (Å²) in [6.45, 7) is 1.25. The zero-order chi connectivity index (χ0) is 14.4. The average Bonchev–Trinajstić information content (AvgIpc) is 2.49. The summed E-state index contributed by atoms with van der Waals surface area (Å²) in [7, 11) is 0. The fourth-order valence-electron chi connectivity index (χ4n) is 2.14. The molecule has 1 saturated heterocycles. The number of imide groups is 1. The first-order valence-electron chi connectivity index (χ1n) is 6.55. The number of rotatable bonds is 3. The molecule has 1 fully saturated rings. The van der Waals surface area contributed by atoms with Gasteiger partial charge in [-0.2, -0.15) is 0 Å². The normalized spacial score (nSPS) is 15.5. The van der Waals surface area contributed by atoms with Crippen LogP contribution in [0.2, 0.25) is 0 Å². The zero-order valence-corrected chi connectivity index (χ0v) is 11.0. The Balaban J connectivity index is 1.78. The van der Waals surface area contributed by atoms with Crippen molar-refractivity contribution in [1.29, 1.82) is 0 Å². The summed E-state index contributed by atoms with van der Waals surface area (Å²) in [5, 5.41) is 5.05. The number of piperidine rings is 1. The molecular formula is C14H17N3O3. The number of hydrogen-bond acceptors (Lipinski definition) is 3. The molecule has 1 aliphatic heterocycles. The lowest BCUT2D eigenvalue weighted by molar-refractivity contribution is -0.119. The highest BCUT2D eigenvalue weighted by atomic mass is 16.2. The average molecular weight is 275 g/mol. The van der Waals surface area contributed by atoms with E-state index in [2.05, 4.69) is 10.6 Å². The number of benzene rings is 1. The first kappa shape index (κ1) is 14.0. The predicted molar refractivity (Wildman–Crippen MR) is 73.1 cm³/mol.